The normalized spacial score (nSPS) is 21.9. The van der Waals surface area contributed by atoms with E-state index in [-0.39, 0.29) is 17.7 Å². The lowest BCUT2D eigenvalue weighted by Gasteiger charge is -2.30. The molecule has 116 valence electrons. The van der Waals surface area contributed by atoms with Crippen LogP contribution in [0.15, 0.2) is 0 Å². The minimum absolute atomic E-state index is 0.00135. The largest absolute Gasteiger partial charge is 0.469 e. The molecular weight excluding hydrogens is 272 g/mol. The first-order valence-electron chi connectivity index (χ1n) is 7.44. The second-order valence-corrected chi connectivity index (χ2v) is 5.40. The molecule has 2 rings (SSSR count). The van der Waals surface area contributed by atoms with Crippen molar-refractivity contribution in [2.75, 3.05) is 12.4 Å². The summed E-state index contributed by atoms with van der Waals surface area (Å²) in [5, 5.41) is 14.1. The van der Waals surface area contributed by atoms with Crippen molar-refractivity contribution in [1.82, 2.24) is 9.97 Å². The van der Waals surface area contributed by atoms with Crippen molar-refractivity contribution < 1.29 is 9.66 Å². The molecule has 0 amide bonds. The van der Waals surface area contributed by atoms with Crippen LogP contribution >= 0.6 is 0 Å². The molecule has 1 aromatic heterocycles. The van der Waals surface area contributed by atoms with Crippen molar-refractivity contribution in [1.29, 1.82) is 0 Å². The Labute approximate surface area is 124 Å². The predicted molar refractivity (Wildman–Crippen MR) is 79.6 cm³/mol. The van der Waals surface area contributed by atoms with E-state index in [2.05, 4.69) is 22.2 Å². The molecule has 2 atom stereocenters. The van der Waals surface area contributed by atoms with Crippen LogP contribution in [0.3, 0.4) is 0 Å². The number of hydrogen-bond donors (Lipinski definition) is 1. The number of rotatable bonds is 5. The van der Waals surface area contributed by atoms with Crippen LogP contribution < -0.4 is 10.1 Å². The Balaban J connectivity index is 2.32. The molecule has 0 aliphatic heterocycles. The van der Waals surface area contributed by atoms with Crippen LogP contribution in [-0.4, -0.2) is 28.0 Å². The summed E-state index contributed by atoms with van der Waals surface area (Å²) < 4.78 is 5.94. The van der Waals surface area contributed by atoms with Crippen LogP contribution in [0.5, 0.6) is 5.88 Å². The molecule has 0 saturated heterocycles. The third-order valence-corrected chi connectivity index (χ3v) is 4.06. The molecule has 1 aliphatic rings. The summed E-state index contributed by atoms with van der Waals surface area (Å²) >= 11 is 0. The van der Waals surface area contributed by atoms with Crippen molar-refractivity contribution in [2.45, 2.75) is 52.1 Å². The van der Waals surface area contributed by atoms with Gasteiger partial charge in [0.2, 0.25) is 5.95 Å². The van der Waals surface area contributed by atoms with Gasteiger partial charge in [0.25, 0.3) is 5.88 Å². The van der Waals surface area contributed by atoms with Crippen LogP contribution in [0, 0.1) is 23.0 Å². The molecule has 1 N–H and O–H groups in total. The number of aryl methyl sites for hydroxylation is 1. The van der Waals surface area contributed by atoms with Crippen molar-refractivity contribution in [3.63, 3.8) is 0 Å². The monoisotopic (exact) mass is 294 g/mol. The first-order valence-corrected chi connectivity index (χ1v) is 7.44. The fourth-order valence-electron chi connectivity index (χ4n) is 2.88. The van der Waals surface area contributed by atoms with E-state index in [0.29, 0.717) is 17.6 Å². The lowest BCUT2D eigenvalue weighted by atomic mass is 9.85. The molecule has 1 aromatic rings. The lowest BCUT2D eigenvalue weighted by molar-refractivity contribution is -0.387. The Morgan fingerprint density at radius 1 is 1.38 bits per heavy atom. The highest BCUT2D eigenvalue weighted by Gasteiger charge is 2.30. The molecule has 0 bridgehead atoms. The Morgan fingerprint density at radius 3 is 2.71 bits per heavy atom. The van der Waals surface area contributed by atoms with Crippen LogP contribution in [0.25, 0.3) is 0 Å². The van der Waals surface area contributed by atoms with Gasteiger partial charge in [-0.3, -0.25) is 10.1 Å². The average molecular weight is 294 g/mol. The van der Waals surface area contributed by atoms with E-state index in [1.807, 2.05) is 0 Å². The molecule has 1 fully saturated rings. The van der Waals surface area contributed by atoms with E-state index in [4.69, 9.17) is 4.74 Å². The standard InChI is InChI=1S/C14H22N4O3/c1-4-10-7-5-6-8-11(10)21-13-12(18(19)20)9(2)16-14(15-3)17-13/h10-11H,4-8H2,1-3H3,(H,15,16,17). The van der Waals surface area contributed by atoms with E-state index in [0.717, 1.165) is 25.7 Å². The highest BCUT2D eigenvalue weighted by atomic mass is 16.6. The molecule has 1 heterocycles. The number of anilines is 1. The Morgan fingerprint density at radius 2 is 2.10 bits per heavy atom. The summed E-state index contributed by atoms with van der Waals surface area (Å²) in [7, 11) is 1.68. The van der Waals surface area contributed by atoms with Gasteiger partial charge in [-0.2, -0.15) is 4.98 Å². The van der Waals surface area contributed by atoms with E-state index in [9.17, 15) is 10.1 Å². The van der Waals surface area contributed by atoms with Gasteiger partial charge in [-0.15, -0.1) is 0 Å². The minimum Gasteiger partial charge on any atom is -0.469 e. The second kappa shape index (κ2) is 6.69. The van der Waals surface area contributed by atoms with E-state index < -0.39 is 4.92 Å². The number of hydrogen-bond acceptors (Lipinski definition) is 6. The number of nitrogens with zero attached hydrogens (tertiary/aromatic N) is 3. The summed E-state index contributed by atoms with van der Waals surface area (Å²) in [4.78, 5) is 19.0. The molecule has 21 heavy (non-hydrogen) atoms. The third kappa shape index (κ3) is 3.40. The van der Waals surface area contributed by atoms with Crippen molar-refractivity contribution in [3.8, 4) is 5.88 Å². The zero-order chi connectivity index (χ0) is 15.4. The quantitative estimate of drug-likeness (QED) is 0.663. The van der Waals surface area contributed by atoms with Gasteiger partial charge >= 0.3 is 5.69 Å². The Kier molecular flexibility index (Phi) is 4.93. The Bertz CT molecular complexity index is 521. The molecule has 0 aromatic carbocycles. The number of nitrogens with one attached hydrogen (secondary N) is 1. The van der Waals surface area contributed by atoms with E-state index >= 15 is 0 Å². The molecule has 7 nitrogen and oxygen atoms in total. The van der Waals surface area contributed by atoms with E-state index in [1.54, 1.807) is 14.0 Å². The van der Waals surface area contributed by atoms with Gasteiger partial charge in [0.05, 0.1) is 4.92 Å². The number of nitro groups is 1. The Hall–Kier alpha value is -1.92. The minimum atomic E-state index is -0.464. The van der Waals surface area contributed by atoms with Gasteiger partial charge in [0, 0.05) is 7.05 Å². The highest BCUT2D eigenvalue weighted by Crippen LogP contribution is 2.34. The maximum Gasteiger partial charge on any atom is 0.352 e. The summed E-state index contributed by atoms with van der Waals surface area (Å²) in [5.74, 6) is 0.866. The molecule has 1 aliphatic carbocycles. The fraction of sp³-hybridized carbons (Fsp3) is 0.714. The first kappa shape index (κ1) is 15.5. The van der Waals surface area contributed by atoms with Gasteiger partial charge in [0.15, 0.2) is 0 Å². The highest BCUT2D eigenvalue weighted by molar-refractivity contribution is 5.48. The topological polar surface area (TPSA) is 90.2 Å². The van der Waals surface area contributed by atoms with Gasteiger partial charge in [-0.25, -0.2) is 4.98 Å². The molecule has 0 spiro atoms. The van der Waals surface area contributed by atoms with Crippen LogP contribution in [0.4, 0.5) is 11.6 Å². The van der Waals surface area contributed by atoms with Gasteiger partial charge < -0.3 is 10.1 Å². The fourth-order valence-corrected chi connectivity index (χ4v) is 2.88. The maximum absolute atomic E-state index is 11.3. The van der Waals surface area contributed by atoms with E-state index in [1.165, 1.54) is 6.42 Å². The average Bonchev–Trinajstić information content (AvgIpc) is 2.46. The zero-order valence-corrected chi connectivity index (χ0v) is 12.8. The van der Waals surface area contributed by atoms with Crippen LogP contribution in [0.1, 0.15) is 44.7 Å². The van der Waals surface area contributed by atoms with Gasteiger partial charge in [-0.05, 0) is 38.5 Å². The zero-order valence-electron chi connectivity index (χ0n) is 12.8. The molecular formula is C14H22N4O3. The van der Waals surface area contributed by atoms with Gasteiger partial charge in [-0.1, -0.05) is 13.3 Å². The first-order chi connectivity index (χ1) is 10.1. The number of aromatic nitrogens is 2. The lowest BCUT2D eigenvalue weighted by Crippen LogP contribution is -2.30. The van der Waals surface area contributed by atoms with Gasteiger partial charge in [0.1, 0.15) is 11.8 Å². The molecule has 7 heteroatoms. The summed E-state index contributed by atoms with van der Waals surface area (Å²) in [5.41, 5.74) is 0.188. The van der Waals surface area contributed by atoms with Crippen LogP contribution in [0.2, 0.25) is 0 Å². The third-order valence-electron chi connectivity index (χ3n) is 4.06. The predicted octanol–water partition coefficient (Wildman–Crippen LogP) is 3.08. The molecule has 0 radical (unpaired) electrons. The summed E-state index contributed by atoms with van der Waals surface area (Å²) in [6, 6.07) is 0. The smallest absolute Gasteiger partial charge is 0.352 e. The SMILES string of the molecule is CCC1CCCCC1Oc1nc(NC)nc(C)c1[N+](=O)[O-]. The van der Waals surface area contributed by atoms with Crippen molar-refractivity contribution in [3.05, 3.63) is 15.8 Å². The van der Waals surface area contributed by atoms with Crippen molar-refractivity contribution in [2.24, 2.45) is 5.92 Å². The summed E-state index contributed by atoms with van der Waals surface area (Å²) in [6.07, 6.45) is 5.34. The maximum atomic E-state index is 11.3. The molecule has 1 saturated carbocycles. The number of ether oxygens (including phenoxy) is 1. The second-order valence-electron chi connectivity index (χ2n) is 5.40. The van der Waals surface area contributed by atoms with Crippen LogP contribution in [-0.2, 0) is 0 Å². The molecule has 2 unspecified atom stereocenters. The van der Waals surface area contributed by atoms with Crippen molar-refractivity contribution >= 4 is 11.6 Å². The summed E-state index contributed by atoms with van der Waals surface area (Å²) in [6.45, 7) is 3.73.